The Hall–Kier alpha value is -1.10. The number of aromatic nitrogens is 1. The Morgan fingerprint density at radius 1 is 1.48 bits per heavy atom. The number of pyridine rings is 1. The molecule has 0 aromatic carbocycles. The summed E-state index contributed by atoms with van der Waals surface area (Å²) in [6, 6.07) is 2.81. The molecule has 5 heteroatoms. The number of hydrogen-bond acceptors (Lipinski definition) is 4. The van der Waals surface area contributed by atoms with E-state index in [1.807, 2.05) is 0 Å². The van der Waals surface area contributed by atoms with Gasteiger partial charge in [0, 0.05) is 39.0 Å². The summed E-state index contributed by atoms with van der Waals surface area (Å²) < 4.78 is 5.19. The van der Waals surface area contributed by atoms with Crippen LogP contribution in [0.25, 0.3) is 0 Å². The van der Waals surface area contributed by atoms with E-state index in [0.29, 0.717) is 6.04 Å². The van der Waals surface area contributed by atoms with Crippen LogP contribution in [0, 0.1) is 0 Å². The van der Waals surface area contributed by atoms with Crippen molar-refractivity contribution in [2.45, 2.75) is 31.8 Å². The molecule has 0 bridgehead atoms. The highest BCUT2D eigenvalue weighted by atomic mass is 35.5. The van der Waals surface area contributed by atoms with Gasteiger partial charge in [-0.2, -0.15) is 0 Å². The zero-order valence-electron chi connectivity index (χ0n) is 12.4. The molecule has 0 radical (unpaired) electrons. The molecule has 1 aromatic rings. The van der Waals surface area contributed by atoms with Crippen LogP contribution >= 0.6 is 11.6 Å². The lowest BCUT2D eigenvalue weighted by Gasteiger charge is -2.27. The van der Waals surface area contributed by atoms with E-state index in [9.17, 15) is 0 Å². The number of ether oxygens (including phenoxy) is 1. The van der Waals surface area contributed by atoms with Gasteiger partial charge in [-0.1, -0.05) is 17.7 Å². The number of nitrogens with zero attached hydrogens (tertiary/aromatic N) is 2. The summed E-state index contributed by atoms with van der Waals surface area (Å²) in [5, 5.41) is 4.26. The highest BCUT2D eigenvalue weighted by molar-refractivity contribution is 6.31. The Morgan fingerprint density at radius 3 is 3.00 bits per heavy atom. The monoisotopic (exact) mass is 307 g/mol. The largest absolute Gasteiger partial charge is 0.380 e. The van der Waals surface area contributed by atoms with Crippen molar-refractivity contribution >= 4 is 17.4 Å². The fourth-order valence-corrected chi connectivity index (χ4v) is 2.72. The first-order valence-corrected chi connectivity index (χ1v) is 7.93. The maximum atomic E-state index is 6.25. The van der Waals surface area contributed by atoms with Gasteiger partial charge in [-0.05, 0) is 36.5 Å². The minimum atomic E-state index is 0.687. The Morgan fingerprint density at radius 2 is 2.33 bits per heavy atom. The molecule has 1 fully saturated rings. The molecule has 1 N–H and O–H groups in total. The molecular weight excluding hydrogens is 286 g/mol. The number of nitrogens with one attached hydrogen (secondary N) is 1. The van der Waals surface area contributed by atoms with Crippen molar-refractivity contribution in [3.8, 4) is 0 Å². The van der Waals surface area contributed by atoms with Gasteiger partial charge in [0.1, 0.15) is 5.82 Å². The van der Waals surface area contributed by atoms with Crippen LogP contribution in [0.3, 0.4) is 0 Å². The number of halogens is 1. The summed E-state index contributed by atoms with van der Waals surface area (Å²) in [5.74, 6) is 1.01. The van der Waals surface area contributed by atoms with E-state index in [0.717, 1.165) is 49.1 Å². The maximum Gasteiger partial charge on any atom is 0.129 e. The minimum absolute atomic E-state index is 0.687. The summed E-state index contributed by atoms with van der Waals surface area (Å²) >= 11 is 6.25. The Kier molecular flexibility index (Phi) is 4.78. The van der Waals surface area contributed by atoms with Crippen molar-refractivity contribution in [1.82, 2.24) is 10.3 Å². The fourth-order valence-electron chi connectivity index (χ4n) is 2.55. The van der Waals surface area contributed by atoms with Gasteiger partial charge in [-0.15, -0.1) is 0 Å². The molecule has 2 aliphatic rings. The van der Waals surface area contributed by atoms with E-state index < -0.39 is 0 Å². The van der Waals surface area contributed by atoms with Gasteiger partial charge in [-0.3, -0.25) is 0 Å². The van der Waals surface area contributed by atoms with Crippen LogP contribution in [-0.2, 0) is 11.3 Å². The third-order valence-corrected chi connectivity index (χ3v) is 4.38. The third-order valence-electron chi connectivity index (χ3n) is 4.04. The molecule has 21 heavy (non-hydrogen) atoms. The van der Waals surface area contributed by atoms with E-state index >= 15 is 0 Å². The Balaban J connectivity index is 1.66. The highest BCUT2D eigenvalue weighted by Gasteiger charge is 2.21. The molecule has 0 saturated heterocycles. The highest BCUT2D eigenvalue weighted by Crippen LogP contribution is 2.25. The van der Waals surface area contributed by atoms with E-state index in [4.69, 9.17) is 16.3 Å². The van der Waals surface area contributed by atoms with E-state index in [2.05, 4.69) is 27.3 Å². The second-order valence-corrected chi connectivity index (χ2v) is 6.19. The van der Waals surface area contributed by atoms with Crippen LogP contribution in [0.15, 0.2) is 23.9 Å². The van der Waals surface area contributed by atoms with Crippen molar-refractivity contribution in [2.75, 3.05) is 31.7 Å². The molecule has 2 heterocycles. The molecule has 1 aliphatic heterocycles. The molecule has 1 saturated carbocycles. The first-order chi connectivity index (χ1) is 10.3. The lowest BCUT2D eigenvalue weighted by molar-refractivity contribution is 0.222. The number of hydrogen-bond donors (Lipinski definition) is 1. The summed E-state index contributed by atoms with van der Waals surface area (Å²) in [6.07, 6.45) is 7.62. The molecule has 1 aromatic heterocycles. The standard InChI is InChI=1S/C16H22ClN3O/c1-21-11-12-4-6-20(7-5-12)16-8-13(15(17)10-19-16)9-18-14-2-3-14/h4,8,10,14,18H,2-3,5-7,9,11H2,1H3. The number of rotatable bonds is 6. The Bertz CT molecular complexity index is 528. The SMILES string of the molecule is COCC1=CCN(c2cc(CNC3CC3)c(Cl)cn2)CC1. The van der Waals surface area contributed by atoms with Crippen molar-refractivity contribution < 1.29 is 4.74 Å². The second-order valence-electron chi connectivity index (χ2n) is 5.78. The quantitative estimate of drug-likeness (QED) is 0.820. The average molecular weight is 308 g/mol. The van der Waals surface area contributed by atoms with Crippen LogP contribution in [0.2, 0.25) is 5.02 Å². The van der Waals surface area contributed by atoms with Gasteiger partial charge >= 0.3 is 0 Å². The van der Waals surface area contributed by atoms with Crippen LogP contribution in [0.1, 0.15) is 24.8 Å². The van der Waals surface area contributed by atoms with E-state index in [1.54, 1.807) is 13.3 Å². The summed E-state index contributed by atoms with van der Waals surface area (Å²) in [7, 11) is 1.74. The smallest absolute Gasteiger partial charge is 0.129 e. The zero-order chi connectivity index (χ0) is 14.7. The van der Waals surface area contributed by atoms with Crippen LogP contribution in [-0.4, -0.2) is 37.8 Å². The van der Waals surface area contributed by atoms with E-state index in [-0.39, 0.29) is 0 Å². The zero-order valence-corrected chi connectivity index (χ0v) is 13.2. The maximum absolute atomic E-state index is 6.25. The second kappa shape index (κ2) is 6.77. The van der Waals surface area contributed by atoms with Gasteiger partial charge in [0.2, 0.25) is 0 Å². The van der Waals surface area contributed by atoms with E-state index in [1.165, 1.54) is 18.4 Å². The van der Waals surface area contributed by atoms with Crippen molar-refractivity contribution in [1.29, 1.82) is 0 Å². The summed E-state index contributed by atoms with van der Waals surface area (Å²) in [5.41, 5.74) is 2.51. The lowest BCUT2D eigenvalue weighted by Crippen LogP contribution is -2.30. The molecule has 0 atom stereocenters. The molecular formula is C16H22ClN3O. The molecule has 4 nitrogen and oxygen atoms in total. The van der Waals surface area contributed by atoms with Crippen LogP contribution in [0.5, 0.6) is 0 Å². The number of methoxy groups -OCH3 is 1. The third kappa shape index (κ3) is 3.96. The van der Waals surface area contributed by atoms with Crippen molar-refractivity contribution in [2.24, 2.45) is 0 Å². The molecule has 1 aliphatic carbocycles. The van der Waals surface area contributed by atoms with Gasteiger partial charge in [0.15, 0.2) is 0 Å². The average Bonchev–Trinajstić information content (AvgIpc) is 3.32. The summed E-state index contributed by atoms with van der Waals surface area (Å²) in [4.78, 5) is 6.77. The molecule has 114 valence electrons. The van der Waals surface area contributed by atoms with Gasteiger partial charge in [0.25, 0.3) is 0 Å². The number of anilines is 1. The molecule has 0 amide bonds. The summed E-state index contributed by atoms with van der Waals surface area (Å²) in [6.45, 7) is 3.44. The lowest BCUT2D eigenvalue weighted by atomic mass is 10.1. The first kappa shape index (κ1) is 14.8. The molecule has 3 rings (SSSR count). The van der Waals surface area contributed by atoms with Gasteiger partial charge in [0.05, 0.1) is 11.6 Å². The normalized spacial score (nSPS) is 18.8. The van der Waals surface area contributed by atoms with Crippen molar-refractivity contribution in [3.63, 3.8) is 0 Å². The van der Waals surface area contributed by atoms with Crippen molar-refractivity contribution in [3.05, 3.63) is 34.5 Å². The Labute approximate surface area is 131 Å². The first-order valence-electron chi connectivity index (χ1n) is 7.56. The minimum Gasteiger partial charge on any atom is -0.380 e. The molecule has 0 unspecified atom stereocenters. The molecule has 0 spiro atoms. The van der Waals surface area contributed by atoms with Gasteiger partial charge in [-0.25, -0.2) is 4.98 Å². The van der Waals surface area contributed by atoms with Crippen LogP contribution in [0.4, 0.5) is 5.82 Å². The predicted molar refractivity (Wildman–Crippen MR) is 85.9 cm³/mol. The van der Waals surface area contributed by atoms with Crippen LogP contribution < -0.4 is 10.2 Å². The topological polar surface area (TPSA) is 37.4 Å². The van der Waals surface area contributed by atoms with Gasteiger partial charge < -0.3 is 15.0 Å². The fraction of sp³-hybridized carbons (Fsp3) is 0.562. The predicted octanol–water partition coefficient (Wildman–Crippen LogP) is 2.77.